The number of carbonyl (C=O) groups excluding carboxylic acids is 4. The van der Waals surface area contributed by atoms with E-state index in [0.717, 1.165) is 11.8 Å². The number of nitrogens with one attached hydrogen (secondary N) is 1. The number of anilines is 1. The topological polar surface area (TPSA) is 120 Å². The number of carbonyl (C=O) groups is 4. The molecule has 0 radical (unpaired) electrons. The van der Waals surface area contributed by atoms with Gasteiger partial charge in [-0.1, -0.05) is 79.3 Å². The molecule has 0 spiro atoms. The van der Waals surface area contributed by atoms with Crippen molar-refractivity contribution in [2.24, 2.45) is 5.41 Å². The molecule has 2 unspecified atom stereocenters. The number of rotatable bonds is 12. The second-order valence-electron chi connectivity index (χ2n) is 11.1. The maximum atomic E-state index is 14.8. The third-order valence-electron chi connectivity index (χ3n) is 8.46. The van der Waals surface area contributed by atoms with Crippen molar-refractivity contribution in [2.75, 3.05) is 26.2 Å². The van der Waals surface area contributed by atoms with Crippen LogP contribution >= 0.6 is 11.8 Å². The Morgan fingerprint density at radius 1 is 0.771 bits per heavy atom. The van der Waals surface area contributed by atoms with Crippen LogP contribution in [-0.4, -0.2) is 44.4 Å². The number of benzene rings is 4. The molecule has 10 nitrogen and oxygen atoms in total. The Morgan fingerprint density at radius 3 is 1.96 bits per heavy atom. The van der Waals surface area contributed by atoms with Crippen LogP contribution in [0.1, 0.15) is 30.0 Å². The number of amides is 2. The maximum absolute atomic E-state index is 14.8. The lowest BCUT2D eigenvalue weighted by molar-refractivity contribution is -0.169. The molecule has 1 N–H and O–H groups in total. The van der Waals surface area contributed by atoms with Gasteiger partial charge < -0.3 is 29.2 Å². The van der Waals surface area contributed by atoms with Crippen LogP contribution in [0.5, 0.6) is 11.5 Å². The molecule has 0 aromatic heterocycles. The molecule has 1 heterocycles. The molecule has 1 aliphatic heterocycles. The summed E-state index contributed by atoms with van der Waals surface area (Å²) >= 11 is 0.775. The summed E-state index contributed by atoms with van der Waals surface area (Å²) < 4.78 is 22.0. The summed E-state index contributed by atoms with van der Waals surface area (Å²) in [5.74, 6) is -0.471. The Balaban J connectivity index is 1.62. The number of fused-ring (bicyclic) bond motifs is 1. The van der Waals surface area contributed by atoms with Crippen LogP contribution in [0, 0.1) is 5.41 Å². The molecule has 1 aliphatic rings. The monoisotopic (exact) mass is 668 g/mol. The molecule has 4 aromatic carbocycles. The van der Waals surface area contributed by atoms with Crippen molar-refractivity contribution in [3.63, 3.8) is 0 Å². The van der Waals surface area contributed by atoms with Crippen LogP contribution in [0.3, 0.4) is 0 Å². The summed E-state index contributed by atoms with van der Waals surface area (Å²) in [6, 6.07) is 29.4. The minimum absolute atomic E-state index is 0.107. The molecule has 248 valence electrons. The number of ether oxygens (including phenoxy) is 4. The smallest absolute Gasteiger partial charge is 0.408 e. The van der Waals surface area contributed by atoms with E-state index in [1.165, 1.54) is 19.1 Å². The lowest BCUT2D eigenvalue weighted by atomic mass is 9.65. The van der Waals surface area contributed by atoms with Crippen LogP contribution < -0.4 is 19.7 Å². The molecular formula is C37H36N2O8S. The van der Waals surface area contributed by atoms with Gasteiger partial charge >= 0.3 is 12.1 Å². The lowest BCUT2D eigenvalue weighted by Gasteiger charge is -2.43. The minimum atomic E-state index is -2.26. The van der Waals surface area contributed by atoms with Gasteiger partial charge in [-0.3, -0.25) is 14.4 Å². The van der Waals surface area contributed by atoms with E-state index >= 15 is 0 Å². The number of para-hydroxylation sites is 1. The van der Waals surface area contributed by atoms with Gasteiger partial charge in [-0.15, -0.1) is 0 Å². The van der Waals surface area contributed by atoms with Gasteiger partial charge in [-0.2, -0.15) is 0 Å². The predicted octanol–water partition coefficient (Wildman–Crippen LogP) is 6.26. The summed E-state index contributed by atoms with van der Waals surface area (Å²) in [7, 11) is 4.60. The van der Waals surface area contributed by atoms with Crippen molar-refractivity contribution in [3.05, 3.63) is 120 Å². The minimum Gasteiger partial charge on any atom is -0.497 e. The highest BCUT2D eigenvalue weighted by molar-refractivity contribution is 8.13. The highest BCUT2D eigenvalue weighted by Gasteiger charge is 2.71. The Morgan fingerprint density at radius 2 is 1.33 bits per heavy atom. The van der Waals surface area contributed by atoms with Crippen molar-refractivity contribution >= 4 is 40.5 Å². The number of thioether (sulfide) groups is 1. The van der Waals surface area contributed by atoms with Gasteiger partial charge in [0.05, 0.1) is 14.2 Å². The molecule has 2 atom stereocenters. The third-order valence-corrected chi connectivity index (χ3v) is 9.51. The van der Waals surface area contributed by atoms with E-state index in [1.807, 2.05) is 6.07 Å². The van der Waals surface area contributed by atoms with E-state index in [-0.39, 0.29) is 25.2 Å². The number of likely N-dealkylation sites (N-methyl/N-ethyl adjacent to an activating group) is 1. The number of hydrogen-bond acceptors (Lipinski definition) is 9. The number of nitrogens with zero attached hydrogens (tertiary/aromatic N) is 1. The SMILES string of the molecule is CCC(C(=O)OCc1ccc(OC)cc1)(C(=O)Sc1ccc(OC)cc1)C1(NC(=O)OCc2ccccc2)C(=O)N(C)c2ccccc21. The molecule has 48 heavy (non-hydrogen) atoms. The van der Waals surface area contributed by atoms with Crippen LogP contribution in [0.15, 0.2) is 108 Å². The van der Waals surface area contributed by atoms with Crippen LogP contribution in [0.4, 0.5) is 10.5 Å². The standard InChI is InChI=1S/C37H36N2O8S/c1-5-36(34(42)48-29-21-19-28(45-4)20-22-29,33(41)46-23-26-15-17-27(44-3)18-16-26)37(30-13-9-10-14-31(30)39(2)32(37)40)38-35(43)47-24-25-11-7-6-8-12-25/h6-22H,5,23-24H2,1-4H3,(H,38,43). The van der Waals surface area contributed by atoms with Crippen molar-refractivity contribution in [3.8, 4) is 11.5 Å². The van der Waals surface area contributed by atoms with Crippen LogP contribution in [0.25, 0.3) is 0 Å². The molecule has 0 aliphatic carbocycles. The molecular weight excluding hydrogens is 632 g/mol. The first-order chi connectivity index (χ1) is 23.2. The number of methoxy groups -OCH3 is 2. The van der Waals surface area contributed by atoms with E-state index in [0.29, 0.717) is 33.2 Å². The van der Waals surface area contributed by atoms with Crippen LogP contribution in [-0.2, 0) is 42.6 Å². The van der Waals surface area contributed by atoms with Gasteiger partial charge in [0.2, 0.25) is 5.12 Å². The summed E-state index contributed by atoms with van der Waals surface area (Å²) in [6.45, 7) is 1.31. The van der Waals surface area contributed by atoms with Gasteiger partial charge in [0.1, 0.15) is 24.7 Å². The van der Waals surface area contributed by atoms with Gasteiger partial charge in [0.25, 0.3) is 5.91 Å². The number of hydrogen-bond donors (Lipinski definition) is 1. The summed E-state index contributed by atoms with van der Waals surface area (Å²) in [5.41, 5.74) is -2.45. The molecule has 4 aromatic rings. The fourth-order valence-corrected chi connectivity index (χ4v) is 6.93. The first kappa shape index (κ1) is 34.1. The zero-order valence-electron chi connectivity index (χ0n) is 27.1. The maximum Gasteiger partial charge on any atom is 0.408 e. The molecule has 0 bridgehead atoms. The van der Waals surface area contributed by atoms with Gasteiger partial charge in [0, 0.05) is 23.2 Å². The molecule has 11 heteroatoms. The van der Waals surface area contributed by atoms with Gasteiger partial charge in [0.15, 0.2) is 11.0 Å². The summed E-state index contributed by atoms with van der Waals surface area (Å²) in [4.78, 5) is 59.7. The zero-order valence-corrected chi connectivity index (χ0v) is 27.9. The highest BCUT2D eigenvalue weighted by atomic mass is 32.2. The van der Waals surface area contributed by atoms with E-state index in [4.69, 9.17) is 18.9 Å². The predicted molar refractivity (Wildman–Crippen MR) is 181 cm³/mol. The first-order valence-corrected chi connectivity index (χ1v) is 16.0. The van der Waals surface area contributed by atoms with Crippen molar-refractivity contribution in [2.45, 2.75) is 37.0 Å². The Labute approximate surface area is 283 Å². The van der Waals surface area contributed by atoms with E-state index < -0.39 is 34.0 Å². The van der Waals surface area contributed by atoms with E-state index in [9.17, 15) is 19.2 Å². The van der Waals surface area contributed by atoms with Crippen molar-refractivity contribution < 1.29 is 38.1 Å². The van der Waals surface area contributed by atoms with Gasteiger partial charge in [-0.25, -0.2) is 4.79 Å². The summed E-state index contributed by atoms with van der Waals surface area (Å²) in [6.07, 6.45) is -1.19. The van der Waals surface area contributed by atoms with Crippen molar-refractivity contribution in [1.29, 1.82) is 0 Å². The quantitative estimate of drug-likeness (QED) is 0.106. The third kappa shape index (κ3) is 6.33. The zero-order chi connectivity index (χ0) is 34.3. The normalized spacial score (nSPS) is 16.3. The van der Waals surface area contributed by atoms with Gasteiger partial charge in [-0.05, 0) is 60.0 Å². The van der Waals surface area contributed by atoms with Crippen molar-refractivity contribution in [1.82, 2.24) is 5.32 Å². The van der Waals surface area contributed by atoms with E-state index in [1.54, 1.807) is 111 Å². The lowest BCUT2D eigenvalue weighted by Crippen LogP contribution is -2.67. The molecule has 5 rings (SSSR count). The number of alkyl carbamates (subject to hydrolysis) is 1. The highest BCUT2D eigenvalue weighted by Crippen LogP contribution is 2.55. The second kappa shape index (κ2) is 14.6. The summed E-state index contributed by atoms with van der Waals surface area (Å²) in [5, 5.41) is 2.05. The second-order valence-corrected chi connectivity index (χ2v) is 12.1. The molecule has 0 saturated carbocycles. The van der Waals surface area contributed by atoms with E-state index in [2.05, 4.69) is 5.32 Å². The Kier molecular flexibility index (Phi) is 10.4. The molecule has 0 fully saturated rings. The Bertz CT molecular complexity index is 1780. The fourth-order valence-electron chi connectivity index (χ4n) is 5.89. The average Bonchev–Trinajstić information content (AvgIpc) is 3.33. The largest absolute Gasteiger partial charge is 0.497 e. The molecule has 0 saturated heterocycles. The first-order valence-electron chi connectivity index (χ1n) is 15.2. The Hall–Kier alpha value is -5.29. The molecule has 2 amide bonds. The van der Waals surface area contributed by atoms with Crippen LogP contribution in [0.2, 0.25) is 0 Å². The number of esters is 1. The fraction of sp³-hybridized carbons (Fsp3) is 0.243. The average molecular weight is 669 g/mol.